The van der Waals surface area contributed by atoms with Crippen molar-refractivity contribution in [1.29, 1.82) is 0 Å². The van der Waals surface area contributed by atoms with E-state index in [9.17, 15) is 19.7 Å². The molecule has 1 aliphatic rings. The number of hydrogen-bond acceptors (Lipinski definition) is 7. The van der Waals surface area contributed by atoms with Gasteiger partial charge in [0.25, 0.3) is 11.2 Å². The van der Waals surface area contributed by atoms with Gasteiger partial charge in [0.15, 0.2) is 5.78 Å². The van der Waals surface area contributed by atoms with Crippen LogP contribution in [0.4, 0.5) is 11.4 Å². The van der Waals surface area contributed by atoms with Gasteiger partial charge in [-0.15, -0.1) is 11.3 Å². The summed E-state index contributed by atoms with van der Waals surface area (Å²) in [5, 5.41) is 11.6. The normalized spacial score (nSPS) is 16.3. The van der Waals surface area contributed by atoms with E-state index in [1.54, 1.807) is 39.0 Å². The highest BCUT2D eigenvalue weighted by Gasteiger charge is 2.22. The number of ether oxygens (including phenoxy) is 1. The van der Waals surface area contributed by atoms with E-state index in [0.717, 1.165) is 11.3 Å². The number of aromatic amines is 1. The number of ketones is 1. The molecule has 154 valence electrons. The van der Waals surface area contributed by atoms with Crippen LogP contribution in [-0.4, -0.2) is 42.0 Å². The number of nitrogens with one attached hydrogen (secondary N) is 1. The second kappa shape index (κ2) is 8.30. The molecule has 0 atom stereocenters. The van der Waals surface area contributed by atoms with Gasteiger partial charge in [0.1, 0.15) is 5.69 Å². The number of morpholine rings is 1. The van der Waals surface area contributed by atoms with Gasteiger partial charge in [0.05, 0.1) is 27.3 Å². The Morgan fingerprint density at radius 2 is 2.00 bits per heavy atom. The maximum absolute atomic E-state index is 12.2. The van der Waals surface area contributed by atoms with Crippen LogP contribution in [0.5, 0.6) is 0 Å². The fraction of sp³-hybridized carbons (Fsp3) is 0.400. The highest BCUT2D eigenvalue weighted by atomic mass is 32.1. The molecule has 0 bridgehead atoms. The first-order valence-corrected chi connectivity index (χ1v) is 10.0. The topological polar surface area (TPSA) is 106 Å². The Morgan fingerprint density at radius 3 is 2.62 bits per heavy atom. The first kappa shape index (κ1) is 20.9. The summed E-state index contributed by atoms with van der Waals surface area (Å²) < 4.78 is 6.15. The van der Waals surface area contributed by atoms with E-state index in [-0.39, 0.29) is 17.0 Å². The number of anilines is 1. The minimum absolute atomic E-state index is 0.0108. The van der Waals surface area contributed by atoms with Crippen molar-refractivity contribution in [3.63, 3.8) is 0 Å². The molecule has 1 aromatic carbocycles. The zero-order valence-corrected chi connectivity index (χ0v) is 17.4. The molecule has 1 aliphatic heterocycles. The van der Waals surface area contributed by atoms with Crippen LogP contribution in [0.3, 0.4) is 0 Å². The quantitative estimate of drug-likeness (QED) is 0.596. The molecule has 0 saturated carbocycles. The summed E-state index contributed by atoms with van der Waals surface area (Å²) in [4.78, 5) is 40.2. The molecule has 0 radical (unpaired) electrons. The van der Waals surface area contributed by atoms with Crippen molar-refractivity contribution < 1.29 is 14.5 Å². The molecule has 2 heterocycles. The largest absolute Gasteiger partial charge is 0.378 e. The van der Waals surface area contributed by atoms with E-state index < -0.39 is 10.3 Å². The average Bonchev–Trinajstić information content (AvgIpc) is 3.00. The lowest BCUT2D eigenvalue weighted by atomic mass is 9.91. The van der Waals surface area contributed by atoms with Crippen LogP contribution in [0, 0.1) is 15.5 Å². The molecule has 8 nitrogen and oxygen atoms in total. The summed E-state index contributed by atoms with van der Waals surface area (Å²) in [6.45, 7) is 7.66. The molecular weight excluding hydrogens is 394 g/mol. The summed E-state index contributed by atoms with van der Waals surface area (Å²) in [5.74, 6) is -0.0907. The van der Waals surface area contributed by atoms with Crippen molar-refractivity contribution >= 4 is 40.6 Å². The minimum atomic E-state index is -0.541. The second-order valence-corrected chi connectivity index (χ2v) is 8.88. The number of Topliss-reactive ketones (excluding diaryl/α,β-unsaturated/α-hetero) is 1. The van der Waals surface area contributed by atoms with Crippen molar-refractivity contribution in [2.45, 2.75) is 20.8 Å². The van der Waals surface area contributed by atoms with Crippen LogP contribution in [-0.2, 0) is 9.53 Å². The molecule has 1 aromatic heterocycles. The molecule has 0 spiro atoms. The Balaban J connectivity index is 2.00. The number of thiazole rings is 1. The number of nitrogens with zero attached hydrogens (tertiary/aromatic N) is 2. The van der Waals surface area contributed by atoms with Gasteiger partial charge >= 0.3 is 0 Å². The highest BCUT2D eigenvalue weighted by molar-refractivity contribution is 7.07. The monoisotopic (exact) mass is 417 g/mol. The molecule has 0 aliphatic carbocycles. The predicted molar refractivity (Wildman–Crippen MR) is 113 cm³/mol. The molecule has 2 aromatic rings. The van der Waals surface area contributed by atoms with Crippen LogP contribution in [0.2, 0.25) is 0 Å². The number of carbonyl (C=O) groups excluding carboxylic acids is 1. The Labute approximate surface area is 171 Å². The lowest BCUT2D eigenvalue weighted by molar-refractivity contribution is -0.384. The fourth-order valence-electron chi connectivity index (χ4n) is 2.86. The third-order valence-corrected chi connectivity index (χ3v) is 5.49. The van der Waals surface area contributed by atoms with E-state index in [1.165, 1.54) is 12.1 Å². The smallest absolute Gasteiger partial charge is 0.293 e. The number of benzene rings is 1. The van der Waals surface area contributed by atoms with Crippen LogP contribution in [0.25, 0.3) is 12.2 Å². The first-order valence-electron chi connectivity index (χ1n) is 9.23. The molecule has 29 heavy (non-hydrogen) atoms. The van der Waals surface area contributed by atoms with Crippen molar-refractivity contribution in [2.24, 2.45) is 5.41 Å². The van der Waals surface area contributed by atoms with E-state index in [1.807, 2.05) is 4.90 Å². The zero-order chi connectivity index (χ0) is 21.2. The zero-order valence-electron chi connectivity index (χ0n) is 16.6. The van der Waals surface area contributed by atoms with Crippen LogP contribution >= 0.6 is 11.3 Å². The third kappa shape index (κ3) is 4.99. The molecule has 1 N–H and O–H groups in total. The summed E-state index contributed by atoms with van der Waals surface area (Å²) in [7, 11) is 0. The molecule has 3 rings (SSSR count). The Bertz CT molecular complexity index is 1100. The standard InChI is InChI=1S/C20H23N3O5S/c1-20(2,3)17(24)12-18-21-19(25)16(29-18)11-13-4-5-14(15(10-13)23(26)27)22-6-8-28-9-7-22/h4-5,10-12H,6-9H2,1-3H3,(H,21,25)/b16-11-,18-12+. The second-order valence-electron chi connectivity index (χ2n) is 7.79. The van der Waals surface area contributed by atoms with Gasteiger partial charge in [0.2, 0.25) is 0 Å². The van der Waals surface area contributed by atoms with Gasteiger partial charge in [-0.1, -0.05) is 26.8 Å². The Hall–Kier alpha value is -2.78. The van der Waals surface area contributed by atoms with Gasteiger partial charge in [-0.2, -0.15) is 0 Å². The van der Waals surface area contributed by atoms with Crippen molar-refractivity contribution in [3.8, 4) is 0 Å². The van der Waals surface area contributed by atoms with E-state index in [2.05, 4.69) is 4.98 Å². The lowest BCUT2D eigenvalue weighted by Gasteiger charge is -2.28. The van der Waals surface area contributed by atoms with Crippen molar-refractivity contribution in [2.75, 3.05) is 31.2 Å². The summed E-state index contributed by atoms with van der Waals surface area (Å²) in [6, 6.07) is 4.92. The lowest BCUT2D eigenvalue weighted by Crippen LogP contribution is -2.36. The van der Waals surface area contributed by atoms with Gasteiger partial charge < -0.3 is 14.6 Å². The molecule has 0 unspecified atom stereocenters. The molecule has 9 heteroatoms. The van der Waals surface area contributed by atoms with E-state index in [0.29, 0.717) is 46.7 Å². The number of H-pyrrole nitrogens is 1. The molecule has 1 saturated heterocycles. The number of nitro groups is 1. The maximum Gasteiger partial charge on any atom is 0.293 e. The average molecular weight is 417 g/mol. The van der Waals surface area contributed by atoms with Gasteiger partial charge in [-0.25, -0.2) is 0 Å². The third-order valence-electron chi connectivity index (χ3n) is 4.53. The van der Waals surface area contributed by atoms with E-state index in [4.69, 9.17) is 4.74 Å². The fourth-order valence-corrected chi connectivity index (χ4v) is 3.74. The summed E-state index contributed by atoms with van der Waals surface area (Å²) in [6.07, 6.45) is 3.02. The summed E-state index contributed by atoms with van der Waals surface area (Å²) in [5.41, 5.74) is 0.210. The van der Waals surface area contributed by atoms with Gasteiger partial charge in [-0.3, -0.25) is 19.7 Å². The number of aromatic nitrogens is 1. The highest BCUT2D eigenvalue weighted by Crippen LogP contribution is 2.30. The summed E-state index contributed by atoms with van der Waals surface area (Å²) >= 11 is 1.15. The van der Waals surface area contributed by atoms with Crippen LogP contribution in [0.1, 0.15) is 26.3 Å². The first-order chi connectivity index (χ1) is 13.6. The number of hydrogen-bond donors (Lipinski definition) is 1. The molecule has 1 fully saturated rings. The Kier molecular flexibility index (Phi) is 5.99. The van der Waals surface area contributed by atoms with Crippen molar-refractivity contribution in [3.05, 3.63) is 53.4 Å². The molecular formula is C20H23N3O5S. The Morgan fingerprint density at radius 1 is 1.31 bits per heavy atom. The number of nitro benzene ring substituents is 1. The number of carbonyl (C=O) groups is 1. The SMILES string of the molecule is CC(C)(C)C(=O)/C=c1\[nH]c(=O)/c(=C/c2ccc(N3CCOCC3)c([N+](=O)[O-])c2)s1. The van der Waals surface area contributed by atoms with Crippen molar-refractivity contribution in [1.82, 2.24) is 4.98 Å². The minimum Gasteiger partial charge on any atom is -0.378 e. The van der Waals surface area contributed by atoms with E-state index >= 15 is 0 Å². The van der Waals surface area contributed by atoms with Gasteiger partial charge in [-0.05, 0) is 17.7 Å². The number of rotatable bonds is 4. The van der Waals surface area contributed by atoms with Crippen LogP contribution in [0.15, 0.2) is 23.0 Å². The molecule has 0 amide bonds. The maximum atomic E-state index is 12.2. The predicted octanol–water partition coefficient (Wildman–Crippen LogP) is 1.41. The van der Waals surface area contributed by atoms with Gasteiger partial charge in [0, 0.05) is 30.6 Å². The van der Waals surface area contributed by atoms with Crippen LogP contribution < -0.4 is 19.7 Å².